The van der Waals surface area contributed by atoms with E-state index in [1.807, 2.05) is 36.4 Å². The Bertz CT molecular complexity index is 941. The molecule has 30 heavy (non-hydrogen) atoms. The van der Waals surface area contributed by atoms with Crippen LogP contribution in [0.1, 0.15) is 20.3 Å². The molecule has 8 nitrogen and oxygen atoms in total. The van der Waals surface area contributed by atoms with E-state index >= 15 is 0 Å². The molecule has 0 heterocycles. The molecule has 0 aliphatic carbocycles. The number of ether oxygens (including phenoxy) is 1. The van der Waals surface area contributed by atoms with Crippen molar-refractivity contribution in [1.82, 2.24) is 10.6 Å². The summed E-state index contributed by atoms with van der Waals surface area (Å²) in [6.45, 7) is 3.08. The second-order valence-corrected chi connectivity index (χ2v) is 7.12. The fourth-order valence-electron chi connectivity index (χ4n) is 2.87. The number of carbonyl (C=O) groups is 4. The van der Waals surface area contributed by atoms with Crippen molar-refractivity contribution in [3.8, 4) is 5.75 Å². The van der Waals surface area contributed by atoms with Gasteiger partial charge < -0.3 is 25.3 Å². The molecule has 3 N–H and O–H groups in total. The highest BCUT2D eigenvalue weighted by Crippen LogP contribution is 2.24. The minimum atomic E-state index is -1.37. The van der Waals surface area contributed by atoms with Gasteiger partial charge in [-0.1, -0.05) is 50.2 Å². The van der Waals surface area contributed by atoms with E-state index in [0.29, 0.717) is 5.75 Å². The van der Waals surface area contributed by atoms with E-state index in [9.17, 15) is 19.2 Å². The molecule has 2 aromatic carbocycles. The van der Waals surface area contributed by atoms with E-state index < -0.39 is 42.0 Å². The zero-order valence-corrected chi connectivity index (χ0v) is 16.8. The summed E-state index contributed by atoms with van der Waals surface area (Å²) in [5, 5.41) is 15.5. The monoisotopic (exact) mass is 410 g/mol. The van der Waals surface area contributed by atoms with Crippen LogP contribution in [0, 0.1) is 5.92 Å². The van der Waals surface area contributed by atoms with Gasteiger partial charge in [0.2, 0.25) is 5.91 Å². The Morgan fingerprint density at radius 1 is 1.03 bits per heavy atom. The molecule has 0 saturated heterocycles. The van der Waals surface area contributed by atoms with Gasteiger partial charge in [0.1, 0.15) is 11.8 Å². The third-order valence-electron chi connectivity index (χ3n) is 4.41. The number of amides is 2. The SMILES string of the molecule is [B]C(=O)C(CC(=O)O)NC(=O)C(NC(=O)COc1cccc2ccccc12)C(C)C. The largest absolute Gasteiger partial charge is 0.483 e. The van der Waals surface area contributed by atoms with Crippen LogP contribution in [0.15, 0.2) is 42.5 Å². The lowest BCUT2D eigenvalue weighted by atomic mass is 9.92. The van der Waals surface area contributed by atoms with Crippen molar-refractivity contribution in [3.63, 3.8) is 0 Å². The Morgan fingerprint density at radius 2 is 1.70 bits per heavy atom. The number of hydrogen-bond donors (Lipinski definition) is 3. The lowest BCUT2D eigenvalue weighted by molar-refractivity contribution is -0.139. The smallest absolute Gasteiger partial charge is 0.305 e. The number of fused-ring (bicyclic) bond motifs is 1. The Labute approximate surface area is 175 Å². The van der Waals surface area contributed by atoms with Crippen molar-refractivity contribution in [2.75, 3.05) is 6.61 Å². The second-order valence-electron chi connectivity index (χ2n) is 7.12. The number of carbonyl (C=O) groups excluding carboxylic acids is 3. The summed E-state index contributed by atoms with van der Waals surface area (Å²) < 4.78 is 5.62. The molecule has 9 heteroatoms. The second kappa shape index (κ2) is 10.4. The first-order chi connectivity index (χ1) is 14.2. The van der Waals surface area contributed by atoms with Crippen LogP contribution in [-0.4, -0.2) is 55.1 Å². The zero-order chi connectivity index (χ0) is 22.3. The fourth-order valence-corrected chi connectivity index (χ4v) is 2.87. The van der Waals surface area contributed by atoms with Gasteiger partial charge in [0.25, 0.3) is 5.91 Å². The molecule has 0 aromatic heterocycles. The molecule has 2 unspecified atom stereocenters. The van der Waals surface area contributed by atoms with E-state index in [0.717, 1.165) is 10.8 Å². The van der Waals surface area contributed by atoms with Gasteiger partial charge in [0.15, 0.2) is 14.5 Å². The summed E-state index contributed by atoms with van der Waals surface area (Å²) in [4.78, 5) is 47.1. The maximum atomic E-state index is 12.5. The lowest BCUT2D eigenvalue weighted by Gasteiger charge is -2.24. The standard InChI is InChI=1S/C21H23BN2O6/c1-12(2)19(21(29)23-15(20(22)28)10-18(26)27)24-17(25)11-30-16-9-5-7-13-6-3-4-8-14(13)16/h3-9,12,15,19H,10-11H2,1-2H3,(H,23,29)(H,24,25)(H,26,27). The first-order valence-corrected chi connectivity index (χ1v) is 9.40. The molecule has 0 aliphatic heterocycles. The van der Waals surface area contributed by atoms with Crippen LogP contribution >= 0.6 is 0 Å². The van der Waals surface area contributed by atoms with E-state index in [4.69, 9.17) is 17.7 Å². The molecular weight excluding hydrogens is 387 g/mol. The van der Waals surface area contributed by atoms with Gasteiger partial charge >= 0.3 is 5.97 Å². The Kier molecular flexibility index (Phi) is 7.97. The molecule has 2 radical (unpaired) electrons. The minimum Gasteiger partial charge on any atom is -0.483 e. The topological polar surface area (TPSA) is 122 Å². The third kappa shape index (κ3) is 6.33. The molecule has 0 aliphatic rings. The van der Waals surface area contributed by atoms with Gasteiger partial charge in [-0.25, -0.2) is 0 Å². The molecule has 2 amide bonds. The average Bonchev–Trinajstić information content (AvgIpc) is 2.69. The summed E-state index contributed by atoms with van der Waals surface area (Å²) >= 11 is 0. The first-order valence-electron chi connectivity index (χ1n) is 9.40. The Hall–Kier alpha value is -3.36. The number of carboxylic acid groups (broad SMARTS) is 1. The van der Waals surface area contributed by atoms with Crippen LogP contribution in [0.2, 0.25) is 0 Å². The molecule has 0 spiro atoms. The van der Waals surface area contributed by atoms with Crippen molar-refractivity contribution < 1.29 is 29.0 Å². The quantitative estimate of drug-likeness (QED) is 0.503. The Balaban J connectivity index is 2.01. The minimum absolute atomic E-state index is 0.321. The van der Waals surface area contributed by atoms with Crippen molar-refractivity contribution in [2.45, 2.75) is 32.4 Å². The summed E-state index contributed by atoms with van der Waals surface area (Å²) in [6, 6.07) is 10.7. The van der Waals surface area contributed by atoms with Crippen LogP contribution in [0.25, 0.3) is 10.8 Å². The highest BCUT2D eigenvalue weighted by Gasteiger charge is 2.28. The predicted octanol–water partition coefficient (Wildman–Crippen LogP) is 1.01. The van der Waals surface area contributed by atoms with Gasteiger partial charge in [0.05, 0.1) is 18.1 Å². The van der Waals surface area contributed by atoms with Crippen molar-refractivity contribution in [2.24, 2.45) is 5.92 Å². The average molecular weight is 410 g/mol. The molecule has 0 saturated carbocycles. The number of rotatable bonds is 10. The number of benzene rings is 2. The Morgan fingerprint density at radius 3 is 2.33 bits per heavy atom. The van der Waals surface area contributed by atoms with Crippen LogP contribution in [0.3, 0.4) is 0 Å². The van der Waals surface area contributed by atoms with E-state index in [1.54, 1.807) is 19.9 Å². The molecule has 156 valence electrons. The van der Waals surface area contributed by atoms with Crippen molar-refractivity contribution >= 4 is 42.1 Å². The normalized spacial score (nSPS) is 12.8. The van der Waals surface area contributed by atoms with Crippen LogP contribution in [0.4, 0.5) is 0 Å². The van der Waals surface area contributed by atoms with Gasteiger partial charge in [-0.3, -0.25) is 14.4 Å². The number of carboxylic acids is 1. The highest BCUT2D eigenvalue weighted by atomic mass is 16.5. The first kappa shape index (κ1) is 22.9. The van der Waals surface area contributed by atoms with Crippen LogP contribution < -0.4 is 15.4 Å². The lowest BCUT2D eigenvalue weighted by Crippen LogP contribution is -2.54. The van der Waals surface area contributed by atoms with E-state index in [-0.39, 0.29) is 12.5 Å². The molecule has 2 rings (SSSR count). The number of nitrogens with one attached hydrogen (secondary N) is 2. The number of aliphatic carboxylic acids is 1. The summed E-state index contributed by atoms with van der Waals surface area (Å²) in [7, 11) is 5.14. The molecule has 2 aromatic rings. The molecule has 2 atom stereocenters. The molecule has 0 bridgehead atoms. The maximum Gasteiger partial charge on any atom is 0.305 e. The zero-order valence-electron chi connectivity index (χ0n) is 16.8. The third-order valence-corrected chi connectivity index (χ3v) is 4.41. The van der Waals surface area contributed by atoms with E-state index in [1.165, 1.54) is 0 Å². The van der Waals surface area contributed by atoms with Gasteiger partial charge in [-0.2, -0.15) is 0 Å². The van der Waals surface area contributed by atoms with E-state index in [2.05, 4.69) is 10.6 Å². The predicted molar refractivity (Wildman–Crippen MR) is 111 cm³/mol. The van der Waals surface area contributed by atoms with Gasteiger partial charge in [-0.15, -0.1) is 0 Å². The van der Waals surface area contributed by atoms with Gasteiger partial charge in [0, 0.05) is 5.39 Å². The molecular formula is C21H23BN2O6. The van der Waals surface area contributed by atoms with Crippen LogP contribution in [-0.2, 0) is 19.2 Å². The van der Waals surface area contributed by atoms with Crippen LogP contribution in [0.5, 0.6) is 5.75 Å². The van der Waals surface area contributed by atoms with Crippen molar-refractivity contribution in [3.05, 3.63) is 42.5 Å². The maximum absolute atomic E-state index is 12.5. The fraction of sp³-hybridized carbons (Fsp3) is 0.333. The molecule has 0 fully saturated rings. The summed E-state index contributed by atoms with van der Waals surface area (Å²) in [5.41, 5.74) is -0.973. The van der Waals surface area contributed by atoms with Crippen molar-refractivity contribution in [1.29, 1.82) is 0 Å². The number of hydrogen-bond acceptors (Lipinski definition) is 5. The summed E-state index contributed by atoms with van der Waals surface area (Å²) in [5.74, 6) is -2.32. The highest BCUT2D eigenvalue weighted by molar-refractivity contribution is 6.59. The van der Waals surface area contributed by atoms with Gasteiger partial charge in [-0.05, 0) is 17.4 Å². The summed E-state index contributed by atoms with van der Waals surface area (Å²) in [6.07, 6.45) is -0.649.